The first-order valence-electron chi connectivity index (χ1n) is 5.07. The zero-order valence-electron chi connectivity index (χ0n) is 9.52. The van der Waals surface area contributed by atoms with Crippen LogP contribution in [0, 0.1) is 0 Å². The molecule has 1 atom stereocenters. The predicted octanol–water partition coefficient (Wildman–Crippen LogP) is 2.08. The maximum absolute atomic E-state index is 10.1. The molecule has 0 spiro atoms. The summed E-state index contributed by atoms with van der Waals surface area (Å²) in [5.74, 6) is 0.934. The molecule has 0 amide bonds. The molecule has 4 nitrogen and oxygen atoms in total. The number of nitrogens with zero attached hydrogens (tertiary/aromatic N) is 2. The minimum atomic E-state index is -0.471. The number of aromatic nitrogens is 2. The molecular weight excluding hydrogens is 292 g/mol. The molecule has 0 fully saturated rings. The first-order valence-corrected chi connectivity index (χ1v) is 7.26. The lowest BCUT2D eigenvalue weighted by Gasteiger charge is -2.13. The van der Waals surface area contributed by atoms with E-state index in [0.717, 1.165) is 22.3 Å². The van der Waals surface area contributed by atoms with Crippen molar-refractivity contribution in [3.8, 4) is 0 Å². The van der Waals surface area contributed by atoms with Crippen LogP contribution >= 0.6 is 27.7 Å². The quantitative estimate of drug-likeness (QED) is 0.838. The molecule has 0 saturated heterocycles. The van der Waals surface area contributed by atoms with Crippen molar-refractivity contribution < 1.29 is 9.84 Å². The third-order valence-corrected chi connectivity index (χ3v) is 3.51. The fourth-order valence-electron chi connectivity index (χ4n) is 1.43. The van der Waals surface area contributed by atoms with Gasteiger partial charge >= 0.3 is 0 Å². The normalized spacial score (nSPS) is 13.0. The molecule has 0 saturated carbocycles. The van der Waals surface area contributed by atoms with E-state index in [-0.39, 0.29) is 0 Å². The molecule has 0 aliphatic heterocycles. The van der Waals surface area contributed by atoms with Crippen molar-refractivity contribution in [2.24, 2.45) is 0 Å². The minimum absolute atomic E-state index is 0.471. The average molecular weight is 309 g/mol. The minimum Gasteiger partial charge on any atom is -0.387 e. The fourth-order valence-corrected chi connectivity index (χ4v) is 2.44. The number of halogens is 1. The molecule has 0 radical (unpaired) electrons. The summed E-state index contributed by atoms with van der Waals surface area (Å²) in [5, 5.41) is 14.3. The van der Waals surface area contributed by atoms with E-state index in [1.54, 1.807) is 29.8 Å². The average Bonchev–Trinajstić information content (AvgIpc) is 2.64. The summed E-state index contributed by atoms with van der Waals surface area (Å²) >= 11 is 5.14. The largest absolute Gasteiger partial charge is 0.387 e. The molecule has 0 aromatic carbocycles. The van der Waals surface area contributed by atoms with Crippen LogP contribution < -0.4 is 0 Å². The Bertz CT molecular complexity index is 320. The van der Waals surface area contributed by atoms with E-state index < -0.39 is 6.10 Å². The Balaban J connectivity index is 2.71. The van der Waals surface area contributed by atoms with Gasteiger partial charge < -0.3 is 9.84 Å². The van der Waals surface area contributed by atoms with Crippen LogP contribution in [-0.2, 0) is 11.3 Å². The third kappa shape index (κ3) is 3.76. The highest BCUT2D eigenvalue weighted by Crippen LogP contribution is 2.26. The number of methoxy groups -OCH3 is 1. The van der Waals surface area contributed by atoms with E-state index in [2.05, 4.69) is 21.0 Å². The number of aliphatic hydroxyl groups excluding tert-OH is 1. The zero-order valence-corrected chi connectivity index (χ0v) is 11.9. The van der Waals surface area contributed by atoms with Crippen LogP contribution in [0.2, 0.25) is 0 Å². The third-order valence-electron chi connectivity index (χ3n) is 2.25. The molecule has 6 heteroatoms. The van der Waals surface area contributed by atoms with E-state index in [4.69, 9.17) is 4.74 Å². The van der Waals surface area contributed by atoms with Crippen LogP contribution in [0.15, 0.2) is 10.7 Å². The van der Waals surface area contributed by atoms with Gasteiger partial charge in [-0.15, -0.1) is 0 Å². The van der Waals surface area contributed by atoms with Crippen LogP contribution in [0.1, 0.15) is 18.2 Å². The van der Waals surface area contributed by atoms with Gasteiger partial charge in [0.05, 0.1) is 35.6 Å². The highest BCUT2D eigenvalue weighted by Gasteiger charge is 2.17. The van der Waals surface area contributed by atoms with Crippen molar-refractivity contribution >= 4 is 27.7 Å². The van der Waals surface area contributed by atoms with Crippen LogP contribution in [-0.4, -0.2) is 40.6 Å². The second-order valence-electron chi connectivity index (χ2n) is 3.39. The lowest BCUT2D eigenvalue weighted by atomic mass is 10.2. The van der Waals surface area contributed by atoms with Gasteiger partial charge in [-0.2, -0.15) is 16.9 Å². The molecule has 16 heavy (non-hydrogen) atoms. The monoisotopic (exact) mass is 308 g/mol. The van der Waals surface area contributed by atoms with Crippen molar-refractivity contribution in [1.29, 1.82) is 0 Å². The van der Waals surface area contributed by atoms with Crippen molar-refractivity contribution in [2.75, 3.05) is 25.7 Å². The topological polar surface area (TPSA) is 47.3 Å². The number of aliphatic hydroxyl groups is 1. The Kier molecular flexibility index (Phi) is 6.41. The van der Waals surface area contributed by atoms with Crippen molar-refractivity contribution in [1.82, 2.24) is 9.78 Å². The van der Waals surface area contributed by atoms with Crippen LogP contribution in [0.5, 0.6) is 0 Å². The molecule has 92 valence electrons. The summed E-state index contributed by atoms with van der Waals surface area (Å²) < 4.78 is 7.66. The number of rotatable bonds is 7. The first-order chi connectivity index (χ1) is 7.70. The maximum atomic E-state index is 10.1. The van der Waals surface area contributed by atoms with Crippen molar-refractivity contribution in [3.05, 3.63) is 16.4 Å². The summed E-state index contributed by atoms with van der Waals surface area (Å²) in [5.41, 5.74) is 0.839. The van der Waals surface area contributed by atoms with Gasteiger partial charge in [0.25, 0.3) is 0 Å². The summed E-state index contributed by atoms with van der Waals surface area (Å²) in [4.78, 5) is 0. The highest BCUT2D eigenvalue weighted by atomic mass is 79.9. The Morgan fingerprint density at radius 1 is 1.69 bits per heavy atom. The Hall–Kier alpha value is -0.0400. The number of hydrogen-bond acceptors (Lipinski definition) is 4. The maximum Gasteiger partial charge on any atom is 0.0976 e. The number of hydrogen-bond donors (Lipinski definition) is 1. The predicted molar refractivity (Wildman–Crippen MR) is 69.8 cm³/mol. The second-order valence-corrected chi connectivity index (χ2v) is 5.23. The molecule has 1 heterocycles. The number of ether oxygens (including phenoxy) is 1. The van der Waals surface area contributed by atoms with Crippen molar-refractivity contribution in [2.45, 2.75) is 19.1 Å². The van der Waals surface area contributed by atoms with Crippen LogP contribution in [0.4, 0.5) is 0 Å². The summed E-state index contributed by atoms with van der Waals surface area (Å²) in [6.45, 7) is 1.25. The molecule has 1 aromatic rings. The van der Waals surface area contributed by atoms with E-state index >= 15 is 0 Å². The summed E-state index contributed by atoms with van der Waals surface area (Å²) in [6.07, 6.45) is 4.01. The molecule has 1 rings (SSSR count). The smallest absolute Gasteiger partial charge is 0.0976 e. The summed E-state index contributed by atoms with van der Waals surface area (Å²) in [6, 6.07) is 0. The number of thioether (sulfide) groups is 1. The van der Waals surface area contributed by atoms with Gasteiger partial charge in [-0.3, -0.25) is 4.68 Å². The zero-order chi connectivity index (χ0) is 12.0. The van der Waals surface area contributed by atoms with Gasteiger partial charge in [0.1, 0.15) is 0 Å². The summed E-state index contributed by atoms with van der Waals surface area (Å²) in [7, 11) is 1.66. The van der Waals surface area contributed by atoms with Gasteiger partial charge in [-0.05, 0) is 34.4 Å². The lowest BCUT2D eigenvalue weighted by Crippen LogP contribution is -2.13. The van der Waals surface area contributed by atoms with Gasteiger partial charge in [0.2, 0.25) is 0 Å². The standard InChI is InChI=1S/C10H17BrN2O2S/c1-15-5-4-13-10(8(11)7-12-13)9(14)3-6-16-2/h7,9,14H,3-6H2,1-2H3. The molecule has 1 aromatic heterocycles. The molecule has 0 bridgehead atoms. The van der Waals surface area contributed by atoms with Crippen LogP contribution in [0.3, 0.4) is 0 Å². The SMILES string of the molecule is COCCn1ncc(Br)c1C(O)CCSC. The molecule has 1 N–H and O–H groups in total. The Morgan fingerprint density at radius 2 is 2.44 bits per heavy atom. The molecule has 1 unspecified atom stereocenters. The van der Waals surface area contributed by atoms with Gasteiger partial charge in [0, 0.05) is 7.11 Å². The van der Waals surface area contributed by atoms with Gasteiger partial charge in [-0.25, -0.2) is 0 Å². The molecular formula is C10H17BrN2O2S. The Labute approximate surface area is 108 Å². The highest BCUT2D eigenvalue weighted by molar-refractivity contribution is 9.10. The molecule has 0 aliphatic carbocycles. The van der Waals surface area contributed by atoms with Gasteiger partial charge in [-0.1, -0.05) is 0 Å². The first kappa shape index (κ1) is 14.0. The Morgan fingerprint density at radius 3 is 3.06 bits per heavy atom. The van der Waals surface area contributed by atoms with Crippen molar-refractivity contribution in [3.63, 3.8) is 0 Å². The molecule has 0 aliphatic rings. The lowest BCUT2D eigenvalue weighted by molar-refractivity contribution is 0.150. The fraction of sp³-hybridized carbons (Fsp3) is 0.700. The van der Waals surface area contributed by atoms with E-state index in [9.17, 15) is 5.11 Å². The van der Waals surface area contributed by atoms with E-state index in [1.165, 1.54) is 0 Å². The van der Waals surface area contributed by atoms with Crippen LogP contribution in [0.25, 0.3) is 0 Å². The van der Waals surface area contributed by atoms with E-state index in [1.807, 2.05) is 6.26 Å². The van der Waals surface area contributed by atoms with Gasteiger partial charge in [0.15, 0.2) is 0 Å². The second kappa shape index (κ2) is 7.32. The van der Waals surface area contributed by atoms with E-state index in [0.29, 0.717) is 13.2 Å².